The molecule has 12 heteroatoms. The summed E-state index contributed by atoms with van der Waals surface area (Å²) in [7, 11) is -3.97. The van der Waals surface area contributed by atoms with E-state index in [-0.39, 0.29) is 4.90 Å². The lowest BCUT2D eigenvalue weighted by Crippen LogP contribution is -2.52. The number of aryl methyl sites for hydroxylation is 1. The molecule has 0 aromatic heterocycles. The fourth-order valence-electron chi connectivity index (χ4n) is 3.80. The van der Waals surface area contributed by atoms with Crippen molar-refractivity contribution in [3.8, 4) is 0 Å². The Morgan fingerprint density at radius 2 is 1.82 bits per heavy atom. The zero-order valence-electron chi connectivity index (χ0n) is 18.7. The Kier molecular flexibility index (Phi) is 7.08. The number of carbonyl (C=O) groups excluding carboxylic acids is 4. The fourth-order valence-corrected chi connectivity index (χ4v) is 4.99. The summed E-state index contributed by atoms with van der Waals surface area (Å²) < 4.78 is 31.8. The first-order chi connectivity index (χ1) is 15.4. The standard InChI is InChI=1S/C21H28N4O7S/c1-13-4-6-16(7-5-13)33(30,31)24-15(3)18(27)32-12-17(26)23-25-19(28)21(22-20(25)29)10-8-14(2)9-11-21/h4-7,14-15,24H,8-12H2,1-3H3,(H,22,29)(H,23,26). The zero-order chi connectivity index (χ0) is 24.4. The van der Waals surface area contributed by atoms with Crippen molar-refractivity contribution in [2.75, 3.05) is 6.61 Å². The molecule has 1 unspecified atom stereocenters. The number of nitrogens with zero attached hydrogens (tertiary/aromatic N) is 1. The number of benzene rings is 1. The Balaban J connectivity index is 1.51. The third kappa shape index (κ3) is 5.50. The normalized spacial score (nSPS) is 23.8. The van der Waals surface area contributed by atoms with Crippen LogP contribution in [0.2, 0.25) is 0 Å². The van der Waals surface area contributed by atoms with Gasteiger partial charge >= 0.3 is 12.0 Å². The van der Waals surface area contributed by atoms with Gasteiger partial charge in [0.2, 0.25) is 10.0 Å². The van der Waals surface area contributed by atoms with Gasteiger partial charge in [0.25, 0.3) is 11.8 Å². The van der Waals surface area contributed by atoms with Crippen LogP contribution in [0.1, 0.15) is 45.1 Å². The summed E-state index contributed by atoms with van der Waals surface area (Å²) >= 11 is 0. The summed E-state index contributed by atoms with van der Waals surface area (Å²) in [5.41, 5.74) is 2.01. The van der Waals surface area contributed by atoms with E-state index in [9.17, 15) is 27.6 Å². The molecule has 2 aliphatic rings. The average Bonchev–Trinajstić information content (AvgIpc) is 2.98. The molecule has 1 aromatic rings. The number of nitrogens with one attached hydrogen (secondary N) is 3. The highest BCUT2D eigenvalue weighted by Crippen LogP contribution is 2.35. The van der Waals surface area contributed by atoms with E-state index < -0.39 is 52.0 Å². The highest BCUT2D eigenvalue weighted by atomic mass is 32.2. The molecule has 1 atom stereocenters. The lowest BCUT2D eigenvalue weighted by molar-refractivity contribution is -0.151. The Morgan fingerprint density at radius 3 is 2.42 bits per heavy atom. The van der Waals surface area contributed by atoms with Gasteiger partial charge in [-0.25, -0.2) is 13.2 Å². The van der Waals surface area contributed by atoms with E-state index in [4.69, 9.17) is 4.74 Å². The van der Waals surface area contributed by atoms with Crippen LogP contribution in [0.5, 0.6) is 0 Å². The van der Waals surface area contributed by atoms with Gasteiger partial charge in [0.15, 0.2) is 6.61 Å². The first kappa shape index (κ1) is 24.6. The van der Waals surface area contributed by atoms with Crippen molar-refractivity contribution in [3.05, 3.63) is 29.8 Å². The molecule has 1 spiro atoms. The van der Waals surface area contributed by atoms with E-state index in [1.807, 2.05) is 6.92 Å². The van der Waals surface area contributed by atoms with Gasteiger partial charge in [-0.2, -0.15) is 9.73 Å². The molecular formula is C21H28N4O7S. The highest BCUT2D eigenvalue weighted by molar-refractivity contribution is 7.89. The second kappa shape index (κ2) is 9.48. The Morgan fingerprint density at radius 1 is 1.21 bits per heavy atom. The van der Waals surface area contributed by atoms with Crippen molar-refractivity contribution < 1.29 is 32.3 Å². The molecule has 2 fully saturated rings. The van der Waals surface area contributed by atoms with Crippen molar-refractivity contribution >= 4 is 33.8 Å². The first-order valence-electron chi connectivity index (χ1n) is 10.7. The van der Waals surface area contributed by atoms with Gasteiger partial charge in [0.1, 0.15) is 11.6 Å². The maximum absolute atomic E-state index is 12.7. The Hall–Kier alpha value is -2.99. The van der Waals surface area contributed by atoms with Gasteiger partial charge in [-0.3, -0.25) is 19.8 Å². The molecule has 1 aromatic carbocycles. The van der Waals surface area contributed by atoms with Crippen LogP contribution in [0.25, 0.3) is 0 Å². The highest BCUT2D eigenvalue weighted by Gasteiger charge is 2.52. The fraction of sp³-hybridized carbons (Fsp3) is 0.524. The number of carbonyl (C=O) groups is 4. The molecular weight excluding hydrogens is 452 g/mol. The summed E-state index contributed by atoms with van der Waals surface area (Å²) in [6, 6.07) is 4.04. The average molecular weight is 481 g/mol. The number of hydrazine groups is 1. The van der Waals surface area contributed by atoms with Crippen LogP contribution in [0, 0.1) is 12.8 Å². The lowest BCUT2D eigenvalue weighted by Gasteiger charge is -2.33. The topological polar surface area (TPSA) is 151 Å². The quantitative estimate of drug-likeness (QED) is 0.384. The molecule has 4 amide bonds. The predicted octanol–water partition coefficient (Wildman–Crippen LogP) is 0.737. The lowest BCUT2D eigenvalue weighted by atomic mass is 9.77. The van der Waals surface area contributed by atoms with Crippen molar-refractivity contribution in [2.24, 2.45) is 5.92 Å². The number of esters is 1. The number of hydrogen-bond donors (Lipinski definition) is 3. The molecule has 0 radical (unpaired) electrons. The molecule has 11 nitrogen and oxygen atoms in total. The number of ether oxygens (including phenoxy) is 1. The van der Waals surface area contributed by atoms with Crippen LogP contribution < -0.4 is 15.5 Å². The van der Waals surface area contributed by atoms with E-state index in [0.717, 1.165) is 18.4 Å². The van der Waals surface area contributed by atoms with Crippen LogP contribution in [0.3, 0.4) is 0 Å². The summed E-state index contributed by atoms with van der Waals surface area (Å²) in [5, 5.41) is 3.27. The van der Waals surface area contributed by atoms with Crippen molar-refractivity contribution in [3.63, 3.8) is 0 Å². The van der Waals surface area contributed by atoms with Crippen molar-refractivity contribution in [1.82, 2.24) is 20.5 Å². The van der Waals surface area contributed by atoms with E-state index in [1.165, 1.54) is 19.1 Å². The van der Waals surface area contributed by atoms with Gasteiger partial charge < -0.3 is 10.1 Å². The molecule has 180 valence electrons. The first-order valence-corrected chi connectivity index (χ1v) is 12.1. The largest absolute Gasteiger partial charge is 0.454 e. The van der Waals surface area contributed by atoms with Gasteiger partial charge in [0.05, 0.1) is 4.90 Å². The van der Waals surface area contributed by atoms with Crippen LogP contribution in [-0.4, -0.2) is 55.4 Å². The second-order valence-electron chi connectivity index (χ2n) is 8.63. The number of urea groups is 1. The minimum Gasteiger partial charge on any atom is -0.454 e. The van der Waals surface area contributed by atoms with E-state index in [2.05, 4.69) is 22.4 Å². The van der Waals surface area contributed by atoms with E-state index in [0.29, 0.717) is 23.8 Å². The summed E-state index contributed by atoms with van der Waals surface area (Å²) in [5.74, 6) is -1.98. The summed E-state index contributed by atoms with van der Waals surface area (Å²) in [4.78, 5) is 49.3. The van der Waals surface area contributed by atoms with Gasteiger partial charge in [-0.15, -0.1) is 0 Å². The minimum atomic E-state index is -3.97. The molecule has 1 saturated heterocycles. The number of sulfonamides is 1. The SMILES string of the molecule is Cc1ccc(S(=O)(=O)NC(C)C(=O)OCC(=O)NN2C(=O)NC3(CCC(C)CC3)C2=O)cc1. The van der Waals surface area contributed by atoms with Gasteiger partial charge in [-0.1, -0.05) is 24.6 Å². The number of amides is 4. The maximum atomic E-state index is 12.7. The smallest absolute Gasteiger partial charge is 0.344 e. The van der Waals surface area contributed by atoms with Gasteiger partial charge in [-0.05, 0) is 57.6 Å². The Labute approximate surface area is 192 Å². The second-order valence-corrected chi connectivity index (χ2v) is 10.3. The zero-order valence-corrected chi connectivity index (χ0v) is 19.5. The summed E-state index contributed by atoms with van der Waals surface area (Å²) in [6.45, 7) is 4.36. The van der Waals surface area contributed by atoms with Crippen LogP contribution in [0.4, 0.5) is 4.79 Å². The van der Waals surface area contributed by atoms with E-state index >= 15 is 0 Å². The molecule has 33 heavy (non-hydrogen) atoms. The van der Waals surface area contributed by atoms with Crippen LogP contribution in [-0.2, 0) is 29.1 Å². The van der Waals surface area contributed by atoms with Crippen molar-refractivity contribution in [1.29, 1.82) is 0 Å². The van der Waals surface area contributed by atoms with Gasteiger partial charge in [0, 0.05) is 0 Å². The van der Waals surface area contributed by atoms with Crippen molar-refractivity contribution in [2.45, 2.75) is 62.9 Å². The molecule has 1 heterocycles. The predicted molar refractivity (Wildman–Crippen MR) is 116 cm³/mol. The third-order valence-corrected chi connectivity index (χ3v) is 7.45. The molecule has 1 saturated carbocycles. The molecule has 3 N–H and O–H groups in total. The summed E-state index contributed by atoms with van der Waals surface area (Å²) in [6.07, 6.45) is 2.53. The number of imide groups is 1. The molecule has 3 rings (SSSR count). The number of rotatable bonds is 7. The Bertz CT molecular complexity index is 1050. The molecule has 1 aliphatic heterocycles. The van der Waals surface area contributed by atoms with Crippen LogP contribution in [0.15, 0.2) is 29.2 Å². The monoisotopic (exact) mass is 480 g/mol. The molecule has 0 bridgehead atoms. The van der Waals surface area contributed by atoms with E-state index in [1.54, 1.807) is 12.1 Å². The van der Waals surface area contributed by atoms with Crippen LogP contribution >= 0.6 is 0 Å². The minimum absolute atomic E-state index is 0.0184. The third-order valence-electron chi connectivity index (χ3n) is 5.89. The number of hydrogen-bond acceptors (Lipinski definition) is 7. The maximum Gasteiger partial charge on any atom is 0.344 e. The molecule has 1 aliphatic carbocycles.